The summed E-state index contributed by atoms with van der Waals surface area (Å²) in [5.41, 5.74) is -1.16. The zero-order valence-corrected chi connectivity index (χ0v) is 12.7. The van der Waals surface area contributed by atoms with E-state index < -0.39 is 23.4 Å². The molecular formula is C16H23NO4. The molecular weight excluding hydrogens is 270 g/mol. The summed E-state index contributed by atoms with van der Waals surface area (Å²) < 4.78 is 0. The van der Waals surface area contributed by atoms with E-state index in [0.29, 0.717) is 12.1 Å². The molecule has 0 bridgehead atoms. The van der Waals surface area contributed by atoms with Crippen LogP contribution < -0.4 is 5.32 Å². The lowest BCUT2D eigenvalue weighted by Crippen LogP contribution is -2.43. The Balaban J connectivity index is 2.74. The molecule has 5 nitrogen and oxygen atoms in total. The molecule has 2 unspecified atom stereocenters. The predicted octanol–water partition coefficient (Wildman–Crippen LogP) is 2.51. The van der Waals surface area contributed by atoms with Gasteiger partial charge in [-0.1, -0.05) is 32.0 Å². The molecule has 0 radical (unpaired) electrons. The Bertz CT molecular complexity index is 482. The van der Waals surface area contributed by atoms with Gasteiger partial charge >= 0.3 is 5.97 Å². The Morgan fingerprint density at radius 2 is 1.81 bits per heavy atom. The summed E-state index contributed by atoms with van der Waals surface area (Å²) in [6, 6.07) is 8.76. The number of carbonyl (C=O) groups is 2. The van der Waals surface area contributed by atoms with Crippen molar-refractivity contribution in [1.82, 2.24) is 0 Å². The van der Waals surface area contributed by atoms with Crippen molar-refractivity contribution in [2.24, 2.45) is 11.8 Å². The molecule has 1 amide bonds. The fourth-order valence-corrected chi connectivity index (χ4v) is 2.20. The van der Waals surface area contributed by atoms with Crippen LogP contribution in [0.1, 0.15) is 33.6 Å². The van der Waals surface area contributed by atoms with Crippen LogP contribution in [0.15, 0.2) is 30.3 Å². The number of nitrogens with one attached hydrogen (secondary N) is 1. The molecule has 3 N–H and O–H groups in total. The molecule has 5 heteroatoms. The molecule has 0 heterocycles. The average molecular weight is 293 g/mol. The van der Waals surface area contributed by atoms with Crippen molar-refractivity contribution in [2.45, 2.75) is 39.2 Å². The van der Waals surface area contributed by atoms with Crippen molar-refractivity contribution in [1.29, 1.82) is 0 Å². The van der Waals surface area contributed by atoms with Crippen molar-refractivity contribution in [2.75, 3.05) is 5.32 Å². The van der Waals surface area contributed by atoms with Crippen molar-refractivity contribution >= 4 is 17.6 Å². The number of aliphatic hydroxyl groups is 1. The van der Waals surface area contributed by atoms with Gasteiger partial charge in [0, 0.05) is 5.69 Å². The van der Waals surface area contributed by atoms with Gasteiger partial charge in [-0.15, -0.1) is 0 Å². The van der Waals surface area contributed by atoms with Crippen LogP contribution in [0.3, 0.4) is 0 Å². The second-order valence-electron chi connectivity index (χ2n) is 5.96. The Labute approximate surface area is 125 Å². The van der Waals surface area contributed by atoms with Gasteiger partial charge in [0.05, 0.1) is 5.92 Å². The summed E-state index contributed by atoms with van der Waals surface area (Å²) in [7, 11) is 0. The minimum absolute atomic E-state index is 0.112. The monoisotopic (exact) mass is 293 g/mol. The van der Waals surface area contributed by atoms with E-state index in [1.807, 2.05) is 19.9 Å². The van der Waals surface area contributed by atoms with Gasteiger partial charge in [0.1, 0.15) is 5.60 Å². The molecule has 0 aromatic heterocycles. The van der Waals surface area contributed by atoms with Gasteiger partial charge in [0.25, 0.3) is 5.91 Å². The lowest BCUT2D eigenvalue weighted by molar-refractivity contribution is -0.147. The van der Waals surface area contributed by atoms with Gasteiger partial charge in [-0.2, -0.15) is 0 Å². The van der Waals surface area contributed by atoms with Gasteiger partial charge in [0.2, 0.25) is 0 Å². The summed E-state index contributed by atoms with van der Waals surface area (Å²) in [6.07, 6.45) is 0.309. The van der Waals surface area contributed by atoms with Gasteiger partial charge in [-0.25, -0.2) is 0 Å². The quantitative estimate of drug-likeness (QED) is 0.721. The molecule has 1 aromatic rings. The molecule has 0 aliphatic rings. The highest BCUT2D eigenvalue weighted by atomic mass is 16.4. The lowest BCUT2D eigenvalue weighted by atomic mass is 9.86. The Hall–Kier alpha value is -1.88. The molecule has 0 aliphatic carbocycles. The average Bonchev–Trinajstić information content (AvgIpc) is 2.38. The first-order valence-corrected chi connectivity index (χ1v) is 7.04. The maximum Gasteiger partial charge on any atom is 0.306 e. The van der Waals surface area contributed by atoms with Crippen LogP contribution in [0.4, 0.5) is 5.69 Å². The third-order valence-corrected chi connectivity index (χ3v) is 3.27. The number of rotatable bonds is 7. The summed E-state index contributed by atoms with van der Waals surface area (Å²) in [6.45, 7) is 5.17. The molecule has 0 saturated heterocycles. The standard InChI is InChI=1S/C16H23NO4/c1-11(2)9-12(14(18)19)10-16(3,21)15(20)17-13-7-5-4-6-8-13/h4-8,11-12,21H,9-10H2,1-3H3,(H,17,20)(H,18,19). The van der Waals surface area contributed by atoms with Crippen LogP contribution in [-0.2, 0) is 9.59 Å². The Morgan fingerprint density at radius 3 is 2.29 bits per heavy atom. The first-order chi connectivity index (χ1) is 9.72. The SMILES string of the molecule is CC(C)CC(CC(C)(O)C(=O)Nc1ccccc1)C(=O)O. The van der Waals surface area contributed by atoms with Crippen LogP contribution in [0.2, 0.25) is 0 Å². The fourth-order valence-electron chi connectivity index (χ4n) is 2.20. The van der Waals surface area contributed by atoms with E-state index in [-0.39, 0.29) is 12.3 Å². The number of amides is 1. The number of carboxylic acids is 1. The van der Waals surface area contributed by atoms with Gasteiger partial charge in [-0.3, -0.25) is 9.59 Å². The number of para-hydroxylation sites is 1. The zero-order chi connectivity index (χ0) is 16.0. The summed E-state index contributed by atoms with van der Waals surface area (Å²) in [4.78, 5) is 23.4. The van der Waals surface area contributed by atoms with E-state index >= 15 is 0 Å². The molecule has 0 fully saturated rings. The van der Waals surface area contributed by atoms with E-state index in [0.717, 1.165) is 0 Å². The van der Waals surface area contributed by atoms with Crippen LogP contribution >= 0.6 is 0 Å². The molecule has 116 valence electrons. The molecule has 0 aliphatic heterocycles. The van der Waals surface area contributed by atoms with Gasteiger partial charge < -0.3 is 15.5 Å². The number of hydrogen-bond donors (Lipinski definition) is 3. The first kappa shape index (κ1) is 17.2. The van der Waals surface area contributed by atoms with E-state index in [1.165, 1.54) is 6.92 Å². The van der Waals surface area contributed by atoms with Crippen LogP contribution in [-0.4, -0.2) is 27.7 Å². The lowest BCUT2D eigenvalue weighted by Gasteiger charge is -2.26. The number of benzene rings is 1. The highest BCUT2D eigenvalue weighted by Gasteiger charge is 2.36. The van der Waals surface area contributed by atoms with E-state index in [4.69, 9.17) is 0 Å². The van der Waals surface area contributed by atoms with Gasteiger partial charge in [0.15, 0.2) is 0 Å². The van der Waals surface area contributed by atoms with Crippen molar-refractivity contribution < 1.29 is 19.8 Å². The third kappa shape index (κ3) is 5.55. The maximum absolute atomic E-state index is 12.1. The third-order valence-electron chi connectivity index (χ3n) is 3.27. The van der Waals surface area contributed by atoms with Crippen molar-refractivity contribution in [3.63, 3.8) is 0 Å². The van der Waals surface area contributed by atoms with Crippen LogP contribution in [0, 0.1) is 11.8 Å². The zero-order valence-electron chi connectivity index (χ0n) is 12.7. The minimum atomic E-state index is -1.73. The number of aliphatic carboxylic acids is 1. The van der Waals surface area contributed by atoms with E-state index in [2.05, 4.69) is 5.32 Å². The molecule has 0 spiro atoms. The number of anilines is 1. The van der Waals surface area contributed by atoms with Crippen molar-refractivity contribution in [3.8, 4) is 0 Å². The number of hydrogen-bond acceptors (Lipinski definition) is 3. The minimum Gasteiger partial charge on any atom is -0.481 e. The fraction of sp³-hybridized carbons (Fsp3) is 0.500. The number of carboxylic acid groups (broad SMARTS) is 1. The first-order valence-electron chi connectivity index (χ1n) is 7.04. The highest BCUT2D eigenvalue weighted by molar-refractivity contribution is 5.97. The molecule has 21 heavy (non-hydrogen) atoms. The molecule has 0 saturated carbocycles. The second kappa shape index (κ2) is 7.22. The normalized spacial score (nSPS) is 15.3. The van der Waals surface area contributed by atoms with Crippen molar-refractivity contribution in [3.05, 3.63) is 30.3 Å². The van der Waals surface area contributed by atoms with E-state index in [9.17, 15) is 19.8 Å². The number of carbonyl (C=O) groups excluding carboxylic acids is 1. The molecule has 1 rings (SSSR count). The maximum atomic E-state index is 12.1. The summed E-state index contributed by atoms with van der Waals surface area (Å²) in [5, 5.41) is 22.1. The Morgan fingerprint density at radius 1 is 1.24 bits per heavy atom. The van der Waals surface area contributed by atoms with E-state index in [1.54, 1.807) is 24.3 Å². The smallest absolute Gasteiger partial charge is 0.306 e. The largest absolute Gasteiger partial charge is 0.481 e. The van der Waals surface area contributed by atoms with Crippen LogP contribution in [0.25, 0.3) is 0 Å². The Kier molecular flexibility index (Phi) is 5.90. The molecule has 2 atom stereocenters. The highest BCUT2D eigenvalue weighted by Crippen LogP contribution is 2.24. The van der Waals surface area contributed by atoms with Crippen LogP contribution in [0.5, 0.6) is 0 Å². The predicted molar refractivity (Wildman–Crippen MR) is 80.9 cm³/mol. The van der Waals surface area contributed by atoms with Gasteiger partial charge in [-0.05, 0) is 37.8 Å². The topological polar surface area (TPSA) is 86.6 Å². The summed E-state index contributed by atoms with van der Waals surface area (Å²) in [5.74, 6) is -2.15. The second-order valence-corrected chi connectivity index (χ2v) is 5.96. The summed E-state index contributed by atoms with van der Waals surface area (Å²) >= 11 is 0. The molecule has 1 aromatic carbocycles.